The van der Waals surface area contributed by atoms with Crippen molar-refractivity contribution in [2.75, 3.05) is 6.61 Å². The van der Waals surface area contributed by atoms with Gasteiger partial charge in [-0.2, -0.15) is 0 Å². The Morgan fingerprint density at radius 3 is 2.71 bits per heavy atom. The molecule has 0 bridgehead atoms. The van der Waals surface area contributed by atoms with Gasteiger partial charge in [-0.15, -0.1) is 11.3 Å². The van der Waals surface area contributed by atoms with Crippen LogP contribution in [0.25, 0.3) is 0 Å². The minimum Gasteiger partial charge on any atom is -0.494 e. The fourth-order valence-electron chi connectivity index (χ4n) is 2.15. The molecule has 1 unspecified atom stereocenters. The molecule has 0 aliphatic rings. The molecule has 2 rings (SSSR count). The van der Waals surface area contributed by atoms with Crippen LogP contribution in [0, 0.1) is 0 Å². The van der Waals surface area contributed by atoms with Crippen molar-refractivity contribution in [1.29, 1.82) is 0 Å². The van der Waals surface area contributed by atoms with Crippen LogP contribution in [0.4, 0.5) is 0 Å². The molecule has 0 aliphatic heterocycles. The molecule has 5 heteroatoms. The molecule has 1 heterocycles. The third-order valence-electron chi connectivity index (χ3n) is 3.41. The van der Waals surface area contributed by atoms with Crippen LogP contribution in [0.3, 0.4) is 0 Å². The van der Waals surface area contributed by atoms with Gasteiger partial charge in [0, 0.05) is 17.0 Å². The molecule has 0 fully saturated rings. The zero-order chi connectivity index (χ0) is 15.3. The lowest BCUT2D eigenvalue weighted by molar-refractivity contribution is -0.124. The smallest absolute Gasteiger partial charge is 0.242 e. The summed E-state index contributed by atoms with van der Waals surface area (Å²) in [4.78, 5) is 13.2. The van der Waals surface area contributed by atoms with Crippen LogP contribution in [0.1, 0.15) is 24.3 Å². The SMILES string of the molecule is CCOc1ccccc1C(C)(NCc1cccs1)C(N)=O. The van der Waals surface area contributed by atoms with E-state index in [1.807, 2.05) is 48.7 Å². The first-order valence-electron chi connectivity index (χ1n) is 6.87. The van der Waals surface area contributed by atoms with E-state index in [1.54, 1.807) is 18.3 Å². The summed E-state index contributed by atoms with van der Waals surface area (Å²) in [6, 6.07) is 11.5. The maximum atomic E-state index is 12.0. The number of carbonyl (C=O) groups is 1. The van der Waals surface area contributed by atoms with Gasteiger partial charge in [-0.3, -0.25) is 10.1 Å². The zero-order valence-corrected chi connectivity index (χ0v) is 13.1. The third kappa shape index (κ3) is 3.43. The standard InChI is InChI=1S/C16H20N2O2S/c1-3-20-14-9-5-4-8-13(14)16(2,15(17)19)18-11-12-7-6-10-21-12/h4-10,18H,3,11H2,1-2H3,(H2,17,19). The summed E-state index contributed by atoms with van der Waals surface area (Å²) in [5.41, 5.74) is 5.44. The molecule has 3 N–H and O–H groups in total. The number of rotatable bonds is 7. The molecule has 4 nitrogen and oxygen atoms in total. The lowest BCUT2D eigenvalue weighted by atomic mass is 9.90. The van der Waals surface area contributed by atoms with Crippen molar-refractivity contribution in [3.63, 3.8) is 0 Å². The maximum Gasteiger partial charge on any atom is 0.242 e. The Morgan fingerprint density at radius 1 is 1.33 bits per heavy atom. The molecular formula is C16H20N2O2S. The van der Waals surface area contributed by atoms with Gasteiger partial charge in [-0.1, -0.05) is 24.3 Å². The summed E-state index contributed by atoms with van der Waals surface area (Å²) in [5.74, 6) is 0.256. The van der Waals surface area contributed by atoms with E-state index < -0.39 is 11.4 Å². The number of thiophene rings is 1. The van der Waals surface area contributed by atoms with Gasteiger partial charge < -0.3 is 10.5 Å². The predicted octanol–water partition coefficient (Wildman–Crippen LogP) is 2.64. The average molecular weight is 304 g/mol. The summed E-state index contributed by atoms with van der Waals surface area (Å²) >= 11 is 1.64. The monoisotopic (exact) mass is 304 g/mol. The first kappa shape index (κ1) is 15.5. The number of carbonyl (C=O) groups excluding carboxylic acids is 1. The van der Waals surface area contributed by atoms with E-state index >= 15 is 0 Å². The van der Waals surface area contributed by atoms with Gasteiger partial charge in [-0.05, 0) is 31.4 Å². The molecule has 0 aliphatic carbocycles. The second kappa shape index (κ2) is 6.74. The summed E-state index contributed by atoms with van der Waals surface area (Å²) in [6.45, 7) is 4.83. The van der Waals surface area contributed by atoms with Crippen molar-refractivity contribution in [2.45, 2.75) is 25.9 Å². The fourth-order valence-corrected chi connectivity index (χ4v) is 2.80. The number of benzene rings is 1. The summed E-state index contributed by atoms with van der Waals surface area (Å²) in [5, 5.41) is 5.28. The minimum absolute atomic E-state index is 0.425. The lowest BCUT2D eigenvalue weighted by Gasteiger charge is -2.29. The molecule has 1 aromatic carbocycles. The molecule has 21 heavy (non-hydrogen) atoms. The molecule has 1 atom stereocenters. The number of nitrogens with one attached hydrogen (secondary N) is 1. The van der Waals surface area contributed by atoms with Gasteiger partial charge in [0.05, 0.1) is 6.61 Å². The highest BCUT2D eigenvalue weighted by molar-refractivity contribution is 7.09. The molecule has 1 aromatic heterocycles. The van der Waals surface area contributed by atoms with Gasteiger partial charge in [0.1, 0.15) is 11.3 Å². The number of amides is 1. The molecule has 0 saturated carbocycles. The Labute approximate surface area is 128 Å². The first-order chi connectivity index (χ1) is 10.1. The Morgan fingerprint density at radius 2 is 2.10 bits per heavy atom. The molecule has 0 saturated heterocycles. The number of hydrogen-bond acceptors (Lipinski definition) is 4. The van der Waals surface area contributed by atoms with Crippen molar-refractivity contribution in [3.05, 3.63) is 52.2 Å². The van der Waals surface area contributed by atoms with E-state index in [2.05, 4.69) is 5.32 Å². The highest BCUT2D eigenvalue weighted by Crippen LogP contribution is 2.30. The summed E-state index contributed by atoms with van der Waals surface area (Å²) < 4.78 is 5.63. The van der Waals surface area contributed by atoms with Gasteiger partial charge >= 0.3 is 0 Å². The number of nitrogens with two attached hydrogens (primary N) is 1. The van der Waals surface area contributed by atoms with Crippen LogP contribution in [-0.2, 0) is 16.9 Å². The van der Waals surface area contributed by atoms with E-state index in [9.17, 15) is 4.79 Å². The average Bonchev–Trinajstić information content (AvgIpc) is 2.99. The highest BCUT2D eigenvalue weighted by Gasteiger charge is 2.35. The predicted molar refractivity (Wildman–Crippen MR) is 85.3 cm³/mol. The topological polar surface area (TPSA) is 64.3 Å². The first-order valence-corrected chi connectivity index (χ1v) is 7.75. The molecule has 0 radical (unpaired) electrons. The number of para-hydroxylation sites is 1. The summed E-state index contributed by atoms with van der Waals surface area (Å²) in [7, 11) is 0. The summed E-state index contributed by atoms with van der Waals surface area (Å²) in [6.07, 6.45) is 0. The molecular weight excluding hydrogens is 284 g/mol. The Balaban J connectivity index is 2.30. The van der Waals surface area contributed by atoms with Gasteiger partial charge in [0.25, 0.3) is 0 Å². The van der Waals surface area contributed by atoms with E-state index in [1.165, 1.54) is 0 Å². The van der Waals surface area contributed by atoms with E-state index in [4.69, 9.17) is 10.5 Å². The van der Waals surface area contributed by atoms with E-state index in [0.717, 1.165) is 10.4 Å². The Hall–Kier alpha value is -1.85. The second-order valence-corrected chi connectivity index (χ2v) is 5.88. The van der Waals surface area contributed by atoms with E-state index in [0.29, 0.717) is 18.9 Å². The van der Waals surface area contributed by atoms with Crippen LogP contribution in [0.5, 0.6) is 5.75 Å². The van der Waals surface area contributed by atoms with Crippen molar-refractivity contribution >= 4 is 17.2 Å². The molecule has 1 amide bonds. The molecule has 0 spiro atoms. The number of primary amides is 1. The molecule has 112 valence electrons. The van der Waals surface area contributed by atoms with Crippen molar-refractivity contribution in [1.82, 2.24) is 5.32 Å². The van der Waals surface area contributed by atoms with Crippen LogP contribution in [-0.4, -0.2) is 12.5 Å². The highest BCUT2D eigenvalue weighted by atomic mass is 32.1. The fraction of sp³-hybridized carbons (Fsp3) is 0.312. The van der Waals surface area contributed by atoms with Crippen LogP contribution in [0.15, 0.2) is 41.8 Å². The van der Waals surface area contributed by atoms with Crippen LogP contribution >= 0.6 is 11.3 Å². The zero-order valence-electron chi connectivity index (χ0n) is 12.3. The lowest BCUT2D eigenvalue weighted by Crippen LogP contribution is -2.50. The van der Waals surface area contributed by atoms with E-state index in [-0.39, 0.29) is 0 Å². The third-order valence-corrected chi connectivity index (χ3v) is 4.29. The number of ether oxygens (including phenoxy) is 1. The van der Waals surface area contributed by atoms with Gasteiger partial charge in [-0.25, -0.2) is 0 Å². The van der Waals surface area contributed by atoms with Crippen LogP contribution < -0.4 is 15.8 Å². The van der Waals surface area contributed by atoms with Crippen molar-refractivity contribution in [3.8, 4) is 5.75 Å². The number of hydrogen-bond donors (Lipinski definition) is 2. The molecule has 2 aromatic rings. The normalized spacial score (nSPS) is 13.6. The van der Waals surface area contributed by atoms with Crippen molar-refractivity contribution in [2.24, 2.45) is 5.73 Å². The Kier molecular flexibility index (Phi) is 4.98. The van der Waals surface area contributed by atoms with Crippen molar-refractivity contribution < 1.29 is 9.53 Å². The van der Waals surface area contributed by atoms with Crippen LogP contribution in [0.2, 0.25) is 0 Å². The Bertz CT molecular complexity index is 598. The second-order valence-electron chi connectivity index (χ2n) is 4.85. The minimum atomic E-state index is -0.976. The van der Waals surface area contributed by atoms with Gasteiger partial charge in [0.15, 0.2) is 0 Å². The largest absolute Gasteiger partial charge is 0.494 e. The quantitative estimate of drug-likeness (QED) is 0.826. The maximum absolute atomic E-state index is 12.0. The van der Waals surface area contributed by atoms with Gasteiger partial charge in [0.2, 0.25) is 5.91 Å².